The smallest absolute Gasteiger partial charge is 0.410 e. The molecule has 1 aromatic rings. The van der Waals surface area contributed by atoms with Crippen LogP contribution in [0.5, 0.6) is 0 Å². The molecule has 0 saturated carbocycles. The van der Waals surface area contributed by atoms with Crippen molar-refractivity contribution in [2.45, 2.75) is 64.3 Å². The van der Waals surface area contributed by atoms with Gasteiger partial charge in [0.2, 0.25) is 0 Å². The molecule has 2 unspecified atom stereocenters. The van der Waals surface area contributed by atoms with Crippen LogP contribution in [0.4, 0.5) is 9.59 Å². The van der Waals surface area contributed by atoms with Gasteiger partial charge in [-0.05, 0) is 39.2 Å². The van der Waals surface area contributed by atoms with E-state index in [9.17, 15) is 19.5 Å². The maximum absolute atomic E-state index is 12.6. The number of likely N-dealkylation sites (tertiary alicyclic amines) is 1. The lowest BCUT2D eigenvalue weighted by molar-refractivity contribution is -0.138. The number of piperidine rings is 1. The van der Waals surface area contributed by atoms with Gasteiger partial charge in [-0.25, -0.2) is 9.59 Å². The average Bonchev–Trinajstić information content (AvgIpc) is 2.60. The Morgan fingerprint density at radius 3 is 2.50 bits per heavy atom. The molecule has 0 spiro atoms. The fourth-order valence-corrected chi connectivity index (χ4v) is 3.14. The summed E-state index contributed by atoms with van der Waals surface area (Å²) in [5, 5.41) is 12.0. The third kappa shape index (κ3) is 6.75. The second kappa shape index (κ2) is 9.43. The Labute approximate surface area is 164 Å². The van der Waals surface area contributed by atoms with E-state index in [2.05, 4.69) is 5.32 Å². The van der Waals surface area contributed by atoms with Crippen LogP contribution in [0.2, 0.25) is 0 Å². The van der Waals surface area contributed by atoms with Crippen LogP contribution in [0.15, 0.2) is 30.3 Å². The number of alkyl carbamates (subject to hydrolysis) is 1. The number of nitrogens with one attached hydrogen (secondary N) is 1. The topological polar surface area (TPSA) is 105 Å². The third-order valence-electron chi connectivity index (χ3n) is 4.30. The molecule has 2 atom stereocenters. The van der Waals surface area contributed by atoms with Gasteiger partial charge in [0, 0.05) is 6.54 Å². The van der Waals surface area contributed by atoms with Gasteiger partial charge in [-0.2, -0.15) is 0 Å². The van der Waals surface area contributed by atoms with Gasteiger partial charge in [-0.15, -0.1) is 0 Å². The normalized spacial score (nSPS) is 19.6. The lowest BCUT2D eigenvalue weighted by Crippen LogP contribution is -2.58. The van der Waals surface area contributed by atoms with Crippen LogP contribution in [-0.4, -0.2) is 52.4 Å². The SMILES string of the molecule is CC(C)(C)OC(=O)NC1CCCN(C(=O)OCc2ccccc2)C1CC(=O)O. The highest BCUT2D eigenvalue weighted by molar-refractivity contribution is 5.73. The minimum absolute atomic E-state index is 0.0973. The summed E-state index contributed by atoms with van der Waals surface area (Å²) in [4.78, 5) is 37.5. The second-order valence-electron chi connectivity index (χ2n) is 7.79. The molecule has 1 saturated heterocycles. The van der Waals surface area contributed by atoms with Crippen molar-refractivity contribution in [2.75, 3.05) is 6.54 Å². The van der Waals surface area contributed by atoms with Crippen LogP contribution in [0.1, 0.15) is 45.6 Å². The van der Waals surface area contributed by atoms with E-state index >= 15 is 0 Å². The van der Waals surface area contributed by atoms with Crippen LogP contribution in [0, 0.1) is 0 Å². The van der Waals surface area contributed by atoms with Crippen LogP contribution in [0.25, 0.3) is 0 Å². The number of hydrogen-bond donors (Lipinski definition) is 2. The molecular formula is C20H28N2O6. The van der Waals surface area contributed by atoms with Crippen LogP contribution in [0.3, 0.4) is 0 Å². The molecule has 2 N–H and O–H groups in total. The summed E-state index contributed by atoms with van der Waals surface area (Å²) in [5.74, 6) is -1.05. The van der Waals surface area contributed by atoms with Gasteiger partial charge < -0.3 is 24.8 Å². The van der Waals surface area contributed by atoms with Crippen molar-refractivity contribution in [2.24, 2.45) is 0 Å². The number of ether oxygens (including phenoxy) is 2. The van der Waals surface area contributed by atoms with Gasteiger partial charge >= 0.3 is 18.2 Å². The Hall–Kier alpha value is -2.77. The molecule has 1 fully saturated rings. The van der Waals surface area contributed by atoms with Crippen molar-refractivity contribution < 1.29 is 29.0 Å². The number of carboxylic acids is 1. The van der Waals surface area contributed by atoms with E-state index in [4.69, 9.17) is 9.47 Å². The first-order valence-corrected chi connectivity index (χ1v) is 9.34. The maximum Gasteiger partial charge on any atom is 0.410 e. The highest BCUT2D eigenvalue weighted by Gasteiger charge is 2.38. The van der Waals surface area contributed by atoms with Crippen LogP contribution >= 0.6 is 0 Å². The summed E-state index contributed by atoms with van der Waals surface area (Å²) < 4.78 is 10.6. The largest absolute Gasteiger partial charge is 0.481 e. The predicted molar refractivity (Wildman–Crippen MR) is 102 cm³/mol. The van der Waals surface area contributed by atoms with E-state index in [0.717, 1.165) is 5.56 Å². The fourth-order valence-electron chi connectivity index (χ4n) is 3.14. The van der Waals surface area contributed by atoms with Crippen molar-refractivity contribution in [3.05, 3.63) is 35.9 Å². The average molecular weight is 392 g/mol. The minimum atomic E-state index is -1.05. The number of carbonyl (C=O) groups is 3. The molecule has 2 rings (SSSR count). The number of carbonyl (C=O) groups excluding carboxylic acids is 2. The van der Waals surface area contributed by atoms with E-state index in [-0.39, 0.29) is 13.0 Å². The van der Waals surface area contributed by atoms with Crippen molar-refractivity contribution in [1.29, 1.82) is 0 Å². The third-order valence-corrected chi connectivity index (χ3v) is 4.30. The highest BCUT2D eigenvalue weighted by Crippen LogP contribution is 2.22. The van der Waals surface area contributed by atoms with Crippen LogP contribution < -0.4 is 5.32 Å². The molecule has 0 aromatic heterocycles. The molecule has 28 heavy (non-hydrogen) atoms. The molecule has 0 aliphatic carbocycles. The zero-order valence-corrected chi connectivity index (χ0v) is 16.5. The van der Waals surface area contributed by atoms with E-state index in [1.165, 1.54) is 4.90 Å². The van der Waals surface area contributed by atoms with Gasteiger partial charge in [-0.3, -0.25) is 4.79 Å². The first-order valence-electron chi connectivity index (χ1n) is 9.34. The molecule has 0 bridgehead atoms. The Kier molecular flexibility index (Phi) is 7.25. The van der Waals surface area contributed by atoms with Gasteiger partial charge in [-0.1, -0.05) is 30.3 Å². The number of nitrogens with zero attached hydrogens (tertiary/aromatic N) is 1. The molecule has 1 aliphatic rings. The first kappa shape index (κ1) is 21.5. The molecule has 154 valence electrons. The molecule has 8 heteroatoms. The van der Waals surface area contributed by atoms with E-state index < -0.39 is 35.8 Å². The molecule has 1 aromatic carbocycles. The Morgan fingerprint density at radius 2 is 1.89 bits per heavy atom. The molecule has 1 aliphatic heterocycles. The number of aliphatic carboxylic acids is 1. The van der Waals surface area contributed by atoms with Crippen molar-refractivity contribution in [1.82, 2.24) is 10.2 Å². The zero-order valence-electron chi connectivity index (χ0n) is 16.5. The van der Waals surface area contributed by atoms with Gasteiger partial charge in [0.25, 0.3) is 0 Å². The molecule has 2 amide bonds. The Bertz CT molecular complexity index is 686. The van der Waals surface area contributed by atoms with Crippen molar-refractivity contribution >= 4 is 18.2 Å². The van der Waals surface area contributed by atoms with E-state index in [1.807, 2.05) is 30.3 Å². The number of benzene rings is 1. The summed E-state index contributed by atoms with van der Waals surface area (Å²) >= 11 is 0. The summed E-state index contributed by atoms with van der Waals surface area (Å²) in [5.41, 5.74) is 0.168. The molecule has 0 radical (unpaired) electrons. The quantitative estimate of drug-likeness (QED) is 0.797. The summed E-state index contributed by atoms with van der Waals surface area (Å²) in [6.07, 6.45) is -0.337. The lowest BCUT2D eigenvalue weighted by Gasteiger charge is -2.40. The standard InChI is InChI=1S/C20H28N2O6/c1-20(2,3)28-18(25)21-15-10-7-11-22(16(15)12-17(23)24)19(26)27-13-14-8-5-4-6-9-14/h4-6,8-9,15-16H,7,10-13H2,1-3H3,(H,21,25)(H,23,24). The first-order chi connectivity index (χ1) is 13.2. The number of carboxylic acid groups (broad SMARTS) is 1. The number of hydrogen-bond acceptors (Lipinski definition) is 5. The number of rotatable bonds is 5. The number of amides is 2. The monoisotopic (exact) mass is 392 g/mol. The van der Waals surface area contributed by atoms with Crippen LogP contribution in [-0.2, 0) is 20.9 Å². The minimum Gasteiger partial charge on any atom is -0.481 e. The Balaban J connectivity index is 2.05. The van der Waals surface area contributed by atoms with Gasteiger partial charge in [0.05, 0.1) is 18.5 Å². The van der Waals surface area contributed by atoms with E-state index in [1.54, 1.807) is 20.8 Å². The molecular weight excluding hydrogens is 364 g/mol. The van der Waals surface area contributed by atoms with E-state index in [0.29, 0.717) is 19.4 Å². The maximum atomic E-state index is 12.6. The van der Waals surface area contributed by atoms with Gasteiger partial charge in [0.15, 0.2) is 0 Å². The molecule has 1 heterocycles. The zero-order chi connectivity index (χ0) is 20.7. The second-order valence-corrected chi connectivity index (χ2v) is 7.79. The molecule has 8 nitrogen and oxygen atoms in total. The van der Waals surface area contributed by atoms with Crippen molar-refractivity contribution in [3.63, 3.8) is 0 Å². The summed E-state index contributed by atoms with van der Waals surface area (Å²) in [6.45, 7) is 5.71. The summed E-state index contributed by atoms with van der Waals surface area (Å²) in [6, 6.07) is 8.00. The van der Waals surface area contributed by atoms with Gasteiger partial charge in [0.1, 0.15) is 12.2 Å². The predicted octanol–water partition coefficient (Wildman–Crippen LogP) is 3.16. The highest BCUT2D eigenvalue weighted by atomic mass is 16.6. The fraction of sp³-hybridized carbons (Fsp3) is 0.550. The Morgan fingerprint density at radius 1 is 1.21 bits per heavy atom. The lowest BCUT2D eigenvalue weighted by atomic mass is 9.94. The summed E-state index contributed by atoms with van der Waals surface area (Å²) in [7, 11) is 0. The van der Waals surface area contributed by atoms with Crippen molar-refractivity contribution in [3.8, 4) is 0 Å².